The molecule has 0 bridgehead atoms. The van der Waals surface area contributed by atoms with Crippen molar-refractivity contribution in [1.82, 2.24) is 15.2 Å². The zero-order valence-corrected chi connectivity index (χ0v) is 12.0. The maximum Gasteiger partial charge on any atom is 0.151 e. The summed E-state index contributed by atoms with van der Waals surface area (Å²) in [5.74, 6) is 0.883. The second kappa shape index (κ2) is 5.78. The van der Waals surface area contributed by atoms with Gasteiger partial charge in [0.2, 0.25) is 0 Å². The molecular formula is C15H20N4. The van der Waals surface area contributed by atoms with Gasteiger partial charge in [-0.15, -0.1) is 10.2 Å². The molecule has 4 nitrogen and oxygen atoms in total. The van der Waals surface area contributed by atoms with Gasteiger partial charge in [-0.05, 0) is 50.5 Å². The van der Waals surface area contributed by atoms with Crippen molar-refractivity contribution < 1.29 is 0 Å². The van der Waals surface area contributed by atoms with E-state index in [1.807, 2.05) is 25.3 Å². The van der Waals surface area contributed by atoms with Crippen LogP contribution in [0.2, 0.25) is 0 Å². The van der Waals surface area contributed by atoms with Crippen LogP contribution in [0.1, 0.15) is 30.2 Å². The highest BCUT2D eigenvalue weighted by Crippen LogP contribution is 2.25. The minimum atomic E-state index is 0.883. The summed E-state index contributed by atoms with van der Waals surface area (Å²) in [6.07, 6.45) is 2.88. The summed E-state index contributed by atoms with van der Waals surface area (Å²) in [5, 5.41) is 12.0. The van der Waals surface area contributed by atoms with Crippen LogP contribution in [0.3, 0.4) is 0 Å². The summed E-state index contributed by atoms with van der Waals surface area (Å²) in [4.78, 5) is 4.21. The molecule has 0 unspecified atom stereocenters. The van der Waals surface area contributed by atoms with Gasteiger partial charge >= 0.3 is 0 Å². The van der Waals surface area contributed by atoms with Crippen LogP contribution in [0.25, 0.3) is 11.3 Å². The van der Waals surface area contributed by atoms with Gasteiger partial charge in [0.05, 0.1) is 5.69 Å². The molecule has 1 N–H and O–H groups in total. The van der Waals surface area contributed by atoms with Gasteiger partial charge in [0.25, 0.3) is 0 Å². The Morgan fingerprint density at radius 1 is 1.11 bits per heavy atom. The highest BCUT2D eigenvalue weighted by atomic mass is 15.2. The molecule has 19 heavy (non-hydrogen) atoms. The lowest BCUT2D eigenvalue weighted by molar-refractivity contribution is 0.932. The minimum Gasteiger partial charge on any atom is -0.368 e. The molecule has 100 valence electrons. The standard InChI is InChI=1S/C15H20N4/c1-5-7-17-15-12(4)11(3)14(18-19-15)13-6-8-16-10(2)9-13/h6,8-9H,5,7H2,1-4H3,(H,17,19). The van der Waals surface area contributed by atoms with E-state index in [0.29, 0.717) is 0 Å². The quantitative estimate of drug-likeness (QED) is 0.912. The number of aryl methyl sites for hydroxylation is 1. The fraction of sp³-hybridized carbons (Fsp3) is 0.400. The molecule has 0 atom stereocenters. The molecule has 0 aliphatic rings. The fourth-order valence-corrected chi connectivity index (χ4v) is 1.98. The van der Waals surface area contributed by atoms with Crippen LogP contribution in [0.5, 0.6) is 0 Å². The molecule has 0 saturated carbocycles. The van der Waals surface area contributed by atoms with Gasteiger partial charge in [0.1, 0.15) is 0 Å². The molecule has 0 amide bonds. The lowest BCUT2D eigenvalue weighted by Gasteiger charge is -2.12. The van der Waals surface area contributed by atoms with Crippen molar-refractivity contribution in [3.63, 3.8) is 0 Å². The molecule has 2 aromatic rings. The van der Waals surface area contributed by atoms with Gasteiger partial charge in [-0.2, -0.15) is 0 Å². The number of anilines is 1. The number of hydrogen-bond acceptors (Lipinski definition) is 4. The van der Waals surface area contributed by atoms with Crippen LogP contribution in [-0.2, 0) is 0 Å². The molecule has 0 radical (unpaired) electrons. The minimum absolute atomic E-state index is 0.883. The molecule has 0 spiro atoms. The smallest absolute Gasteiger partial charge is 0.151 e. The van der Waals surface area contributed by atoms with E-state index < -0.39 is 0 Å². The van der Waals surface area contributed by atoms with Crippen LogP contribution in [0.15, 0.2) is 18.3 Å². The molecule has 2 aromatic heterocycles. The number of nitrogens with one attached hydrogen (secondary N) is 1. The summed E-state index contributed by atoms with van der Waals surface area (Å²) < 4.78 is 0. The maximum atomic E-state index is 4.36. The van der Waals surface area contributed by atoms with Crippen molar-refractivity contribution in [1.29, 1.82) is 0 Å². The number of aromatic nitrogens is 3. The Morgan fingerprint density at radius 2 is 1.89 bits per heavy atom. The van der Waals surface area contributed by atoms with Crippen LogP contribution >= 0.6 is 0 Å². The van der Waals surface area contributed by atoms with Gasteiger partial charge in [-0.1, -0.05) is 6.92 Å². The molecule has 0 aromatic carbocycles. The molecule has 0 aliphatic carbocycles. The van der Waals surface area contributed by atoms with Crippen LogP contribution in [-0.4, -0.2) is 21.7 Å². The van der Waals surface area contributed by atoms with Crippen molar-refractivity contribution in [2.24, 2.45) is 0 Å². The highest BCUT2D eigenvalue weighted by Gasteiger charge is 2.11. The van der Waals surface area contributed by atoms with Crippen molar-refractivity contribution in [2.75, 3.05) is 11.9 Å². The lowest BCUT2D eigenvalue weighted by atomic mass is 10.0. The van der Waals surface area contributed by atoms with E-state index in [1.54, 1.807) is 0 Å². The number of rotatable bonds is 4. The topological polar surface area (TPSA) is 50.7 Å². The van der Waals surface area contributed by atoms with Gasteiger partial charge < -0.3 is 5.32 Å². The van der Waals surface area contributed by atoms with E-state index in [9.17, 15) is 0 Å². The summed E-state index contributed by atoms with van der Waals surface area (Å²) in [5.41, 5.74) is 5.32. The van der Waals surface area contributed by atoms with E-state index in [2.05, 4.69) is 41.3 Å². The third-order valence-corrected chi connectivity index (χ3v) is 3.24. The zero-order valence-electron chi connectivity index (χ0n) is 12.0. The molecule has 0 aliphatic heterocycles. The van der Waals surface area contributed by atoms with Gasteiger partial charge in [0, 0.05) is 24.0 Å². The third kappa shape index (κ3) is 2.89. The lowest BCUT2D eigenvalue weighted by Crippen LogP contribution is -2.07. The summed E-state index contributed by atoms with van der Waals surface area (Å²) in [6.45, 7) is 9.21. The normalized spacial score (nSPS) is 10.5. The van der Waals surface area contributed by atoms with E-state index in [-0.39, 0.29) is 0 Å². The van der Waals surface area contributed by atoms with E-state index in [0.717, 1.165) is 41.3 Å². The first kappa shape index (κ1) is 13.5. The SMILES string of the molecule is CCCNc1nnc(-c2ccnc(C)c2)c(C)c1C. The van der Waals surface area contributed by atoms with Crippen molar-refractivity contribution in [3.8, 4) is 11.3 Å². The summed E-state index contributed by atoms with van der Waals surface area (Å²) in [7, 11) is 0. The number of hydrogen-bond donors (Lipinski definition) is 1. The zero-order chi connectivity index (χ0) is 13.8. The van der Waals surface area contributed by atoms with Crippen molar-refractivity contribution >= 4 is 5.82 Å². The Kier molecular flexibility index (Phi) is 4.10. The summed E-state index contributed by atoms with van der Waals surface area (Å²) in [6, 6.07) is 4.01. The first-order chi connectivity index (χ1) is 9.13. The van der Waals surface area contributed by atoms with Gasteiger partial charge in [-0.25, -0.2) is 0 Å². The molecule has 4 heteroatoms. The van der Waals surface area contributed by atoms with E-state index in [4.69, 9.17) is 0 Å². The Bertz CT molecular complexity index is 578. The highest BCUT2D eigenvalue weighted by molar-refractivity contribution is 5.66. The Labute approximate surface area is 114 Å². The average molecular weight is 256 g/mol. The van der Waals surface area contributed by atoms with Crippen LogP contribution < -0.4 is 5.32 Å². The Hall–Kier alpha value is -1.97. The maximum absolute atomic E-state index is 4.36. The number of nitrogens with zero attached hydrogens (tertiary/aromatic N) is 3. The Morgan fingerprint density at radius 3 is 2.58 bits per heavy atom. The van der Waals surface area contributed by atoms with Gasteiger partial charge in [0.15, 0.2) is 5.82 Å². The van der Waals surface area contributed by atoms with Crippen molar-refractivity contribution in [3.05, 3.63) is 35.2 Å². The van der Waals surface area contributed by atoms with Gasteiger partial charge in [-0.3, -0.25) is 4.98 Å². The largest absolute Gasteiger partial charge is 0.368 e. The first-order valence-electron chi connectivity index (χ1n) is 6.64. The fourth-order valence-electron chi connectivity index (χ4n) is 1.98. The average Bonchev–Trinajstić information content (AvgIpc) is 2.40. The first-order valence-corrected chi connectivity index (χ1v) is 6.64. The molecule has 0 saturated heterocycles. The Balaban J connectivity index is 2.41. The monoisotopic (exact) mass is 256 g/mol. The molecule has 0 fully saturated rings. The number of pyridine rings is 1. The predicted molar refractivity (Wildman–Crippen MR) is 78.3 cm³/mol. The molecule has 2 heterocycles. The van der Waals surface area contributed by atoms with Crippen molar-refractivity contribution in [2.45, 2.75) is 34.1 Å². The van der Waals surface area contributed by atoms with Crippen LogP contribution in [0, 0.1) is 20.8 Å². The summed E-state index contributed by atoms with van der Waals surface area (Å²) >= 11 is 0. The predicted octanol–water partition coefficient (Wildman–Crippen LogP) is 3.29. The third-order valence-electron chi connectivity index (χ3n) is 3.24. The van der Waals surface area contributed by atoms with E-state index >= 15 is 0 Å². The molecular weight excluding hydrogens is 236 g/mol. The second-order valence-electron chi connectivity index (χ2n) is 4.76. The molecule has 2 rings (SSSR count). The van der Waals surface area contributed by atoms with E-state index in [1.165, 1.54) is 5.56 Å². The van der Waals surface area contributed by atoms with Crippen LogP contribution in [0.4, 0.5) is 5.82 Å². The second-order valence-corrected chi connectivity index (χ2v) is 4.76.